The maximum Gasteiger partial charge on any atom is 0.234 e. The Hall–Kier alpha value is -2.15. The smallest absolute Gasteiger partial charge is 0.234 e. The maximum absolute atomic E-state index is 5.47. The van der Waals surface area contributed by atoms with Gasteiger partial charge in [-0.05, 0) is 12.1 Å². The summed E-state index contributed by atoms with van der Waals surface area (Å²) in [5.41, 5.74) is 0.891. The minimum absolute atomic E-state index is 0.266. The molecule has 3 aromatic rings. The third-order valence-corrected chi connectivity index (χ3v) is 4.10. The second-order valence-electron chi connectivity index (χ2n) is 4.86. The molecule has 0 N–H and O–H groups in total. The Bertz CT molecular complexity index is 778. The zero-order valence-corrected chi connectivity index (χ0v) is 13.1. The highest BCUT2D eigenvalue weighted by atomic mass is 32.1. The molecule has 3 rings (SSSR count). The molecule has 0 atom stereocenters. The summed E-state index contributed by atoms with van der Waals surface area (Å²) in [7, 11) is 3.25. The third kappa shape index (κ3) is 2.23. The summed E-state index contributed by atoms with van der Waals surface area (Å²) < 4.78 is 12.6. The van der Waals surface area contributed by atoms with Gasteiger partial charge in [0.05, 0.1) is 19.8 Å². The van der Waals surface area contributed by atoms with Crippen molar-refractivity contribution in [2.75, 3.05) is 14.2 Å². The van der Waals surface area contributed by atoms with Crippen LogP contribution in [0.2, 0.25) is 0 Å². The van der Waals surface area contributed by atoms with Crippen LogP contribution in [-0.2, 0) is 0 Å². The highest BCUT2D eigenvalue weighted by Gasteiger charge is 2.19. The average molecular weight is 304 g/mol. The van der Waals surface area contributed by atoms with Crippen LogP contribution < -0.4 is 9.47 Å². The van der Waals surface area contributed by atoms with Crippen LogP contribution in [-0.4, -0.2) is 34.0 Å². The summed E-state index contributed by atoms with van der Waals surface area (Å²) in [6.07, 6.45) is 0. The fourth-order valence-electron chi connectivity index (χ4n) is 2.16. The van der Waals surface area contributed by atoms with E-state index in [0.717, 1.165) is 21.4 Å². The molecule has 7 heteroatoms. The van der Waals surface area contributed by atoms with Gasteiger partial charge >= 0.3 is 0 Å². The lowest BCUT2D eigenvalue weighted by molar-refractivity contribution is 0.356. The summed E-state index contributed by atoms with van der Waals surface area (Å²) in [5.74, 6) is 2.48. The van der Waals surface area contributed by atoms with Crippen LogP contribution in [0, 0.1) is 0 Å². The number of rotatable bonds is 4. The number of fused-ring (bicyclic) bond motifs is 1. The van der Waals surface area contributed by atoms with Crippen molar-refractivity contribution in [3.63, 3.8) is 0 Å². The first-order chi connectivity index (χ1) is 10.2. The zero-order chi connectivity index (χ0) is 15.0. The molecule has 0 amide bonds. The van der Waals surface area contributed by atoms with Gasteiger partial charge in [0.2, 0.25) is 4.96 Å². The number of hydrogen-bond donors (Lipinski definition) is 0. The number of methoxy groups -OCH3 is 2. The van der Waals surface area contributed by atoms with Crippen LogP contribution in [0.3, 0.4) is 0 Å². The van der Waals surface area contributed by atoms with E-state index in [4.69, 9.17) is 9.47 Å². The van der Waals surface area contributed by atoms with Crippen molar-refractivity contribution >= 4 is 16.3 Å². The summed E-state index contributed by atoms with van der Waals surface area (Å²) in [6, 6.07) is 5.74. The lowest BCUT2D eigenvalue weighted by Crippen LogP contribution is -1.98. The third-order valence-electron chi connectivity index (χ3n) is 3.16. The van der Waals surface area contributed by atoms with Crippen LogP contribution in [0.15, 0.2) is 18.2 Å². The van der Waals surface area contributed by atoms with Gasteiger partial charge in [-0.3, -0.25) is 0 Å². The Morgan fingerprint density at radius 1 is 1.14 bits per heavy atom. The molecule has 0 fully saturated rings. The number of hydrogen-bond acceptors (Lipinski definition) is 6. The van der Waals surface area contributed by atoms with E-state index in [1.165, 1.54) is 11.3 Å². The SMILES string of the molecule is COc1cccc(-c2nn3c(C(C)C)nnc3s2)c1OC. The predicted octanol–water partition coefficient (Wildman–Crippen LogP) is 2.99. The van der Waals surface area contributed by atoms with Crippen molar-refractivity contribution in [1.82, 2.24) is 19.8 Å². The first kappa shape index (κ1) is 13.8. The van der Waals surface area contributed by atoms with Crippen molar-refractivity contribution < 1.29 is 9.47 Å². The second-order valence-corrected chi connectivity index (χ2v) is 5.81. The molecule has 6 nitrogen and oxygen atoms in total. The van der Waals surface area contributed by atoms with Gasteiger partial charge in [0.25, 0.3) is 0 Å². The highest BCUT2D eigenvalue weighted by molar-refractivity contribution is 7.19. The van der Waals surface area contributed by atoms with Gasteiger partial charge in [-0.1, -0.05) is 31.3 Å². The fourth-order valence-corrected chi connectivity index (χ4v) is 3.03. The van der Waals surface area contributed by atoms with E-state index in [1.54, 1.807) is 18.7 Å². The van der Waals surface area contributed by atoms with Gasteiger partial charge in [-0.15, -0.1) is 10.2 Å². The molecule has 0 aliphatic heterocycles. The fraction of sp³-hybridized carbons (Fsp3) is 0.357. The van der Waals surface area contributed by atoms with Crippen LogP contribution in [0.5, 0.6) is 11.5 Å². The zero-order valence-electron chi connectivity index (χ0n) is 12.3. The number of aromatic nitrogens is 4. The minimum atomic E-state index is 0.266. The van der Waals surface area contributed by atoms with E-state index in [1.807, 2.05) is 18.2 Å². The minimum Gasteiger partial charge on any atom is -0.493 e. The average Bonchev–Trinajstić information content (AvgIpc) is 3.05. The second kappa shape index (κ2) is 5.33. The van der Waals surface area contributed by atoms with E-state index in [9.17, 15) is 0 Å². The van der Waals surface area contributed by atoms with Crippen LogP contribution in [0.25, 0.3) is 15.5 Å². The number of benzene rings is 1. The Morgan fingerprint density at radius 2 is 1.95 bits per heavy atom. The summed E-state index contributed by atoms with van der Waals surface area (Å²) in [6.45, 7) is 4.14. The Labute approximate surface area is 126 Å². The van der Waals surface area contributed by atoms with Crippen LogP contribution in [0.4, 0.5) is 0 Å². The predicted molar refractivity (Wildman–Crippen MR) is 81.3 cm³/mol. The molecule has 0 saturated heterocycles. The largest absolute Gasteiger partial charge is 0.493 e. The normalized spacial score (nSPS) is 11.3. The topological polar surface area (TPSA) is 61.5 Å². The lowest BCUT2D eigenvalue weighted by Gasteiger charge is -2.10. The van der Waals surface area contributed by atoms with E-state index in [-0.39, 0.29) is 5.92 Å². The van der Waals surface area contributed by atoms with Gasteiger partial charge in [-0.25, -0.2) is 0 Å². The van der Waals surface area contributed by atoms with Crippen LogP contribution >= 0.6 is 11.3 Å². The molecule has 0 aliphatic rings. The molecule has 0 unspecified atom stereocenters. The summed E-state index contributed by atoms with van der Waals surface area (Å²) in [4.78, 5) is 0.776. The Balaban J connectivity index is 2.17. The molecule has 0 bridgehead atoms. The van der Waals surface area contributed by atoms with E-state index in [2.05, 4.69) is 29.1 Å². The van der Waals surface area contributed by atoms with Gasteiger partial charge in [0, 0.05) is 5.92 Å². The number of nitrogens with zero attached hydrogens (tertiary/aromatic N) is 4. The highest BCUT2D eigenvalue weighted by Crippen LogP contribution is 2.39. The van der Waals surface area contributed by atoms with E-state index < -0.39 is 0 Å². The Morgan fingerprint density at radius 3 is 2.62 bits per heavy atom. The van der Waals surface area contributed by atoms with Crippen molar-refractivity contribution in [1.29, 1.82) is 0 Å². The monoisotopic (exact) mass is 304 g/mol. The molecule has 0 radical (unpaired) electrons. The van der Waals surface area contributed by atoms with E-state index >= 15 is 0 Å². The molecule has 21 heavy (non-hydrogen) atoms. The Kier molecular flexibility index (Phi) is 3.50. The maximum atomic E-state index is 5.47. The molecule has 110 valence electrons. The molecular weight excluding hydrogens is 288 g/mol. The molecule has 0 spiro atoms. The van der Waals surface area contributed by atoms with Gasteiger partial charge in [0.1, 0.15) is 0 Å². The van der Waals surface area contributed by atoms with Crippen molar-refractivity contribution in [2.45, 2.75) is 19.8 Å². The van der Waals surface area contributed by atoms with E-state index in [0.29, 0.717) is 11.5 Å². The molecular formula is C14H16N4O2S. The standard InChI is InChI=1S/C14H16N4O2S/c1-8(2)12-15-16-14-18(12)17-13(21-14)9-6-5-7-10(19-3)11(9)20-4/h5-8H,1-4H3. The quantitative estimate of drug-likeness (QED) is 0.741. The van der Waals surface area contributed by atoms with Crippen LogP contribution in [0.1, 0.15) is 25.6 Å². The first-order valence-electron chi connectivity index (χ1n) is 6.59. The molecule has 0 saturated carbocycles. The van der Waals surface area contributed by atoms with Crippen molar-refractivity contribution in [3.05, 3.63) is 24.0 Å². The first-order valence-corrected chi connectivity index (χ1v) is 7.40. The molecule has 2 aromatic heterocycles. The number of ether oxygens (including phenoxy) is 2. The number of para-hydroxylation sites is 1. The summed E-state index contributed by atoms with van der Waals surface area (Å²) in [5, 5.41) is 13.8. The van der Waals surface area contributed by atoms with Crippen molar-refractivity contribution in [3.8, 4) is 22.1 Å². The lowest BCUT2D eigenvalue weighted by atomic mass is 10.2. The molecule has 1 aromatic carbocycles. The van der Waals surface area contributed by atoms with Gasteiger partial charge < -0.3 is 9.47 Å². The summed E-state index contributed by atoms with van der Waals surface area (Å²) >= 11 is 1.48. The molecule has 2 heterocycles. The van der Waals surface area contributed by atoms with Crippen molar-refractivity contribution in [2.24, 2.45) is 0 Å². The van der Waals surface area contributed by atoms with Gasteiger partial charge in [-0.2, -0.15) is 9.61 Å². The van der Waals surface area contributed by atoms with Gasteiger partial charge in [0.15, 0.2) is 22.3 Å². The molecule has 0 aliphatic carbocycles.